The summed E-state index contributed by atoms with van der Waals surface area (Å²) in [5, 5.41) is 4.21. The molecule has 2 atom stereocenters. The minimum Gasteiger partial charge on any atom is -0.381 e. The molecule has 1 saturated heterocycles. The fourth-order valence-electron chi connectivity index (χ4n) is 2.42. The number of hydrogen-bond acceptors (Lipinski definition) is 4. The zero-order valence-electron chi connectivity index (χ0n) is 11.9. The topological polar surface area (TPSA) is 62.3 Å². The number of rotatable bonds is 6. The Hall–Kier alpha value is -0.910. The van der Waals surface area contributed by atoms with Gasteiger partial charge in [-0.2, -0.15) is 5.10 Å². The van der Waals surface area contributed by atoms with Crippen LogP contribution in [-0.4, -0.2) is 35.6 Å². The monoisotopic (exact) mass is 267 g/mol. The zero-order valence-corrected chi connectivity index (χ0v) is 11.9. The molecule has 1 aromatic rings. The third kappa shape index (κ3) is 4.03. The lowest BCUT2D eigenvalue weighted by Gasteiger charge is -2.27. The van der Waals surface area contributed by atoms with Crippen LogP contribution in [0, 0.1) is 5.92 Å². The van der Waals surface area contributed by atoms with Crippen molar-refractivity contribution >= 4 is 0 Å². The molecule has 1 aliphatic rings. The van der Waals surface area contributed by atoms with Crippen molar-refractivity contribution in [2.45, 2.75) is 38.3 Å². The highest BCUT2D eigenvalue weighted by Gasteiger charge is 2.23. The molecule has 2 N–H and O–H groups in total. The van der Waals surface area contributed by atoms with E-state index < -0.39 is 0 Å². The summed E-state index contributed by atoms with van der Waals surface area (Å²) < 4.78 is 13.3. The van der Waals surface area contributed by atoms with Gasteiger partial charge in [0.25, 0.3) is 0 Å². The van der Waals surface area contributed by atoms with Crippen molar-refractivity contribution in [2.24, 2.45) is 18.7 Å². The number of ether oxygens (including phenoxy) is 2. The van der Waals surface area contributed by atoms with E-state index in [1.807, 2.05) is 19.4 Å². The van der Waals surface area contributed by atoms with Gasteiger partial charge in [0.05, 0.1) is 12.8 Å². The molecule has 0 spiro atoms. The van der Waals surface area contributed by atoms with Crippen LogP contribution < -0.4 is 5.73 Å². The fraction of sp³-hybridized carbons (Fsp3) is 0.786. The van der Waals surface area contributed by atoms with Crippen LogP contribution in [0.15, 0.2) is 12.4 Å². The van der Waals surface area contributed by atoms with Crippen LogP contribution in [0.3, 0.4) is 0 Å². The van der Waals surface area contributed by atoms with E-state index in [1.54, 1.807) is 4.68 Å². The predicted molar refractivity (Wildman–Crippen MR) is 73.7 cm³/mol. The summed E-state index contributed by atoms with van der Waals surface area (Å²) in [4.78, 5) is 0. The van der Waals surface area contributed by atoms with E-state index in [4.69, 9.17) is 15.2 Å². The average molecular weight is 267 g/mol. The van der Waals surface area contributed by atoms with Gasteiger partial charge in [-0.25, -0.2) is 0 Å². The van der Waals surface area contributed by atoms with Crippen LogP contribution in [0.1, 0.15) is 37.9 Å². The fourth-order valence-corrected chi connectivity index (χ4v) is 2.42. The summed E-state index contributed by atoms with van der Waals surface area (Å²) in [6.07, 6.45) is 6.85. The predicted octanol–water partition coefficient (Wildman–Crippen LogP) is 1.64. The minimum absolute atomic E-state index is 0.0176. The van der Waals surface area contributed by atoms with Crippen LogP contribution in [0.4, 0.5) is 0 Å². The van der Waals surface area contributed by atoms with E-state index in [9.17, 15) is 0 Å². The van der Waals surface area contributed by atoms with Crippen molar-refractivity contribution in [1.29, 1.82) is 0 Å². The molecule has 1 fully saturated rings. The molecule has 1 aliphatic heterocycles. The van der Waals surface area contributed by atoms with E-state index in [2.05, 4.69) is 12.0 Å². The van der Waals surface area contributed by atoms with Crippen LogP contribution in [0.25, 0.3) is 0 Å². The second-order valence-electron chi connectivity index (χ2n) is 5.33. The summed E-state index contributed by atoms with van der Waals surface area (Å²) >= 11 is 0. The Morgan fingerprint density at radius 3 is 2.84 bits per heavy atom. The SMILES string of the molecule is CCC(N)C(OCC1CCOCC1)c1cnn(C)c1. The first kappa shape index (κ1) is 14.5. The molecular weight excluding hydrogens is 242 g/mol. The smallest absolute Gasteiger partial charge is 0.101 e. The number of aromatic nitrogens is 2. The minimum atomic E-state index is -0.0541. The van der Waals surface area contributed by atoms with Crippen molar-refractivity contribution in [3.63, 3.8) is 0 Å². The standard InChI is InChI=1S/C14H25N3O2/c1-3-13(15)14(12-8-16-17(2)9-12)19-10-11-4-6-18-7-5-11/h8-9,11,13-14H,3-7,10,15H2,1-2H3. The number of hydrogen-bond donors (Lipinski definition) is 1. The Morgan fingerprint density at radius 2 is 2.26 bits per heavy atom. The van der Waals surface area contributed by atoms with Gasteiger partial charge in [-0.3, -0.25) is 4.68 Å². The first-order chi connectivity index (χ1) is 9.20. The van der Waals surface area contributed by atoms with Gasteiger partial charge >= 0.3 is 0 Å². The van der Waals surface area contributed by atoms with Crippen molar-refractivity contribution in [3.05, 3.63) is 18.0 Å². The van der Waals surface area contributed by atoms with Crippen LogP contribution in [0.2, 0.25) is 0 Å². The Labute approximate surface area is 115 Å². The van der Waals surface area contributed by atoms with Crippen molar-refractivity contribution in [3.8, 4) is 0 Å². The number of nitrogens with zero attached hydrogens (tertiary/aromatic N) is 2. The quantitative estimate of drug-likeness (QED) is 0.851. The first-order valence-corrected chi connectivity index (χ1v) is 7.14. The van der Waals surface area contributed by atoms with Gasteiger partial charge in [-0.05, 0) is 25.2 Å². The molecule has 0 amide bonds. The maximum atomic E-state index is 6.19. The summed E-state index contributed by atoms with van der Waals surface area (Å²) in [5.41, 5.74) is 7.26. The second-order valence-corrected chi connectivity index (χ2v) is 5.33. The third-order valence-corrected chi connectivity index (χ3v) is 3.77. The largest absolute Gasteiger partial charge is 0.381 e. The van der Waals surface area contributed by atoms with Gasteiger partial charge in [0.15, 0.2) is 0 Å². The lowest BCUT2D eigenvalue weighted by Crippen LogP contribution is -2.31. The maximum Gasteiger partial charge on any atom is 0.101 e. The van der Waals surface area contributed by atoms with Gasteiger partial charge in [0.1, 0.15) is 6.10 Å². The molecule has 0 radical (unpaired) electrons. The molecule has 2 heterocycles. The van der Waals surface area contributed by atoms with E-state index in [0.717, 1.165) is 44.6 Å². The maximum absolute atomic E-state index is 6.19. The van der Waals surface area contributed by atoms with Crippen molar-refractivity contribution in [2.75, 3.05) is 19.8 Å². The molecule has 5 nitrogen and oxygen atoms in total. The van der Waals surface area contributed by atoms with E-state index in [1.165, 1.54) is 0 Å². The van der Waals surface area contributed by atoms with E-state index >= 15 is 0 Å². The lowest BCUT2D eigenvalue weighted by molar-refractivity contribution is -0.0212. The molecule has 5 heteroatoms. The van der Waals surface area contributed by atoms with Crippen molar-refractivity contribution in [1.82, 2.24) is 9.78 Å². The molecule has 0 aromatic carbocycles. The molecular formula is C14H25N3O2. The Balaban J connectivity index is 1.93. The highest BCUT2D eigenvalue weighted by Crippen LogP contribution is 2.24. The Morgan fingerprint density at radius 1 is 1.53 bits per heavy atom. The second kappa shape index (κ2) is 7.03. The average Bonchev–Trinajstić information content (AvgIpc) is 2.86. The Bertz CT molecular complexity index is 375. The molecule has 0 aliphatic carbocycles. The molecule has 108 valence electrons. The van der Waals surface area contributed by atoms with Crippen LogP contribution in [-0.2, 0) is 16.5 Å². The molecule has 0 bridgehead atoms. The zero-order chi connectivity index (χ0) is 13.7. The van der Waals surface area contributed by atoms with E-state index in [0.29, 0.717) is 5.92 Å². The summed E-state index contributed by atoms with van der Waals surface area (Å²) in [6.45, 7) is 4.55. The van der Waals surface area contributed by atoms with Gasteiger partial charge in [-0.1, -0.05) is 6.92 Å². The molecule has 19 heavy (non-hydrogen) atoms. The molecule has 1 aromatic heterocycles. The summed E-state index contributed by atoms with van der Waals surface area (Å²) in [6, 6.07) is 0.0176. The molecule has 2 unspecified atom stereocenters. The highest BCUT2D eigenvalue weighted by molar-refractivity contribution is 5.10. The van der Waals surface area contributed by atoms with Crippen LogP contribution in [0.5, 0.6) is 0 Å². The molecule has 0 saturated carbocycles. The van der Waals surface area contributed by atoms with E-state index in [-0.39, 0.29) is 12.1 Å². The Kier molecular flexibility index (Phi) is 5.36. The summed E-state index contributed by atoms with van der Waals surface area (Å²) in [7, 11) is 1.91. The van der Waals surface area contributed by atoms with Gasteiger partial charge in [0, 0.05) is 38.1 Å². The van der Waals surface area contributed by atoms with Crippen molar-refractivity contribution < 1.29 is 9.47 Å². The van der Waals surface area contributed by atoms with Gasteiger partial charge in [-0.15, -0.1) is 0 Å². The highest BCUT2D eigenvalue weighted by atomic mass is 16.5. The number of nitrogens with two attached hydrogens (primary N) is 1. The normalized spacial score (nSPS) is 20.4. The van der Waals surface area contributed by atoms with Gasteiger partial charge < -0.3 is 15.2 Å². The third-order valence-electron chi connectivity index (χ3n) is 3.77. The van der Waals surface area contributed by atoms with Crippen LogP contribution >= 0.6 is 0 Å². The van der Waals surface area contributed by atoms with Gasteiger partial charge in [0.2, 0.25) is 0 Å². The lowest BCUT2D eigenvalue weighted by atomic mass is 10.0. The summed E-state index contributed by atoms with van der Waals surface area (Å²) in [5.74, 6) is 0.594. The molecule has 2 rings (SSSR count). The number of aryl methyl sites for hydroxylation is 1. The first-order valence-electron chi connectivity index (χ1n) is 7.14.